The molecule has 4 aromatic carbocycles. The quantitative estimate of drug-likeness (QED) is 0.141. The van der Waals surface area contributed by atoms with Crippen molar-refractivity contribution in [1.82, 2.24) is 21.3 Å². The van der Waals surface area contributed by atoms with E-state index in [0.29, 0.717) is 103 Å². The first-order chi connectivity index (χ1) is 31.7. The molecule has 0 unspecified atom stereocenters. The van der Waals surface area contributed by atoms with E-state index in [-0.39, 0.29) is 0 Å². The molecule has 2 heterocycles. The van der Waals surface area contributed by atoms with Crippen LogP contribution in [-0.4, -0.2) is 103 Å². The first-order valence-electron chi connectivity index (χ1n) is 23.8. The van der Waals surface area contributed by atoms with Crippen LogP contribution >= 0.6 is 0 Å². The summed E-state index contributed by atoms with van der Waals surface area (Å²) < 4.78 is 45.9. The number of fused-ring (bicyclic) bond motifs is 10. The maximum absolute atomic E-state index is 5.86. The molecule has 64 heavy (non-hydrogen) atoms. The number of rotatable bonds is 0. The van der Waals surface area contributed by atoms with Crippen molar-refractivity contribution >= 4 is 0 Å². The Balaban J connectivity index is 0.000000191. The van der Waals surface area contributed by atoms with Gasteiger partial charge in [0.2, 0.25) is 0 Å². The van der Waals surface area contributed by atoms with Crippen molar-refractivity contribution in [1.29, 1.82) is 0 Å². The summed E-state index contributed by atoms with van der Waals surface area (Å²) in [7, 11) is 0. The number of benzene rings is 4. The molecular weight excluding hydrogens is 809 g/mol. The third kappa shape index (κ3) is 17.3. The fourth-order valence-corrected chi connectivity index (χ4v) is 8.73. The largest absolute Gasteiger partial charge is 0.491 e. The Kier molecular flexibility index (Phi) is 20.8. The highest BCUT2D eigenvalue weighted by molar-refractivity contribution is 5.31. The number of ether oxygens (including phenoxy) is 8. The molecule has 8 bridgehead atoms. The second-order valence-electron chi connectivity index (χ2n) is 17.0. The van der Waals surface area contributed by atoms with Crippen molar-refractivity contribution in [2.75, 3.05) is 79.3 Å². The van der Waals surface area contributed by atoms with Crippen molar-refractivity contribution in [3.8, 4) is 23.0 Å². The molecule has 8 rings (SSSR count). The van der Waals surface area contributed by atoms with E-state index in [1.165, 1.54) is 73.6 Å². The smallest absolute Gasteiger partial charge is 0.119 e. The van der Waals surface area contributed by atoms with Crippen LogP contribution in [0.5, 0.6) is 23.0 Å². The number of nitrogens with one attached hydrogen (secondary N) is 4. The predicted molar refractivity (Wildman–Crippen MR) is 250 cm³/mol. The van der Waals surface area contributed by atoms with Crippen LogP contribution in [0, 0.1) is 0 Å². The lowest BCUT2D eigenvalue weighted by atomic mass is 9.90. The molecule has 12 nitrogen and oxygen atoms in total. The maximum Gasteiger partial charge on any atom is 0.119 e. The summed E-state index contributed by atoms with van der Waals surface area (Å²) in [6.07, 6.45) is 9.94. The third-order valence-corrected chi connectivity index (χ3v) is 12.1. The van der Waals surface area contributed by atoms with E-state index in [2.05, 4.69) is 94.1 Å². The van der Waals surface area contributed by atoms with Crippen LogP contribution in [0.2, 0.25) is 0 Å². The summed E-state index contributed by atoms with van der Waals surface area (Å²) >= 11 is 0. The highest BCUT2D eigenvalue weighted by Gasteiger charge is 2.25. The Bertz CT molecular complexity index is 1630. The average Bonchev–Trinajstić information content (AvgIpc) is 3.33. The molecule has 2 aliphatic carbocycles. The molecule has 0 radical (unpaired) electrons. The van der Waals surface area contributed by atoms with Crippen LogP contribution in [0.1, 0.15) is 73.6 Å². The number of hydrogen-bond donors (Lipinski definition) is 4. The average molecular weight is 881 g/mol. The van der Waals surface area contributed by atoms with E-state index in [1.54, 1.807) is 0 Å². The highest BCUT2D eigenvalue weighted by atomic mass is 16.6. The molecule has 0 spiro atoms. The van der Waals surface area contributed by atoms with Crippen LogP contribution in [0.4, 0.5) is 0 Å². The molecule has 0 aromatic heterocycles. The Morgan fingerprint density at radius 3 is 0.781 bits per heavy atom. The monoisotopic (exact) mass is 881 g/mol. The molecule has 4 aliphatic rings. The van der Waals surface area contributed by atoms with E-state index < -0.39 is 0 Å². The summed E-state index contributed by atoms with van der Waals surface area (Å²) in [5.74, 6) is 3.56. The van der Waals surface area contributed by atoms with Crippen molar-refractivity contribution in [2.24, 2.45) is 0 Å². The minimum atomic E-state index is 0.469. The molecule has 12 heteroatoms. The molecule has 4 aromatic rings. The van der Waals surface area contributed by atoms with Crippen molar-refractivity contribution in [3.63, 3.8) is 0 Å². The van der Waals surface area contributed by atoms with E-state index in [4.69, 9.17) is 37.9 Å². The van der Waals surface area contributed by atoms with Crippen molar-refractivity contribution in [3.05, 3.63) is 119 Å². The van der Waals surface area contributed by atoms with Gasteiger partial charge in [0.25, 0.3) is 0 Å². The molecule has 2 aliphatic heterocycles. The summed E-state index contributed by atoms with van der Waals surface area (Å²) in [6.45, 7) is 9.90. The standard InChI is InChI=1S/2C26H36N2O4/c2*1-2-10-26-25(9-1)27-19-21-5-3-7-23(17-21)31-15-13-29-11-12-30-14-16-32-24-8-4-6-22(18-24)20-28-26/h2*3-8,17-18,25-28H,1-2,9-16,19-20H2/t2*25-,26-/m11/s1. The van der Waals surface area contributed by atoms with Gasteiger partial charge < -0.3 is 59.2 Å². The van der Waals surface area contributed by atoms with Crippen LogP contribution < -0.4 is 40.2 Å². The van der Waals surface area contributed by atoms with Crippen molar-refractivity contribution in [2.45, 2.75) is 102 Å². The summed E-state index contributed by atoms with van der Waals surface area (Å²) in [5, 5.41) is 15.2. The van der Waals surface area contributed by atoms with Gasteiger partial charge in [0, 0.05) is 50.3 Å². The van der Waals surface area contributed by atoms with Gasteiger partial charge in [0.1, 0.15) is 49.4 Å². The lowest BCUT2D eigenvalue weighted by Crippen LogP contribution is -2.49. The summed E-state index contributed by atoms with van der Waals surface area (Å²) in [6, 6.07) is 35.3. The van der Waals surface area contributed by atoms with Crippen LogP contribution in [0.25, 0.3) is 0 Å². The van der Waals surface area contributed by atoms with Gasteiger partial charge in [-0.1, -0.05) is 74.2 Å². The van der Waals surface area contributed by atoms with Gasteiger partial charge in [-0.2, -0.15) is 0 Å². The first-order valence-corrected chi connectivity index (χ1v) is 23.8. The zero-order valence-electron chi connectivity index (χ0n) is 37.8. The fourth-order valence-electron chi connectivity index (χ4n) is 8.73. The molecule has 348 valence electrons. The molecule has 2 saturated carbocycles. The Hall–Kier alpha value is -4.24. The summed E-state index contributed by atoms with van der Waals surface area (Å²) in [4.78, 5) is 0. The molecule has 4 N–H and O–H groups in total. The minimum absolute atomic E-state index is 0.469. The first kappa shape index (κ1) is 47.7. The Labute approximate surface area is 381 Å². The van der Waals surface area contributed by atoms with Gasteiger partial charge in [0.05, 0.1) is 52.9 Å². The van der Waals surface area contributed by atoms with E-state index >= 15 is 0 Å². The summed E-state index contributed by atoms with van der Waals surface area (Å²) in [5.41, 5.74) is 4.97. The topological polar surface area (TPSA) is 122 Å². The van der Waals surface area contributed by atoms with Gasteiger partial charge in [-0.05, 0) is 96.5 Å². The van der Waals surface area contributed by atoms with Gasteiger partial charge in [-0.25, -0.2) is 0 Å². The normalized spacial score (nSPS) is 24.0. The van der Waals surface area contributed by atoms with Crippen LogP contribution in [0.3, 0.4) is 0 Å². The fraction of sp³-hybridized carbons (Fsp3) is 0.538. The molecule has 4 atom stereocenters. The van der Waals surface area contributed by atoms with E-state index in [1.807, 2.05) is 24.3 Å². The maximum atomic E-state index is 5.86. The second kappa shape index (κ2) is 27.9. The Morgan fingerprint density at radius 2 is 0.531 bits per heavy atom. The third-order valence-electron chi connectivity index (χ3n) is 12.1. The zero-order valence-corrected chi connectivity index (χ0v) is 37.8. The molecular formula is C52H72N4O8. The van der Waals surface area contributed by atoms with E-state index in [0.717, 1.165) is 49.2 Å². The number of hydrogen-bond acceptors (Lipinski definition) is 12. The van der Waals surface area contributed by atoms with Gasteiger partial charge >= 0.3 is 0 Å². The van der Waals surface area contributed by atoms with Gasteiger partial charge in [-0.3, -0.25) is 0 Å². The Morgan fingerprint density at radius 1 is 0.297 bits per heavy atom. The lowest BCUT2D eigenvalue weighted by molar-refractivity contribution is 0.0273. The van der Waals surface area contributed by atoms with Gasteiger partial charge in [-0.15, -0.1) is 0 Å². The second-order valence-corrected chi connectivity index (χ2v) is 17.0. The zero-order chi connectivity index (χ0) is 43.7. The van der Waals surface area contributed by atoms with Crippen molar-refractivity contribution < 1.29 is 37.9 Å². The highest BCUT2D eigenvalue weighted by Crippen LogP contribution is 2.23. The van der Waals surface area contributed by atoms with Crippen LogP contribution in [0.15, 0.2) is 97.1 Å². The molecule has 0 saturated heterocycles. The van der Waals surface area contributed by atoms with Gasteiger partial charge in [0.15, 0.2) is 0 Å². The molecule has 0 amide bonds. The predicted octanol–water partition coefficient (Wildman–Crippen LogP) is 7.36. The molecule has 2 fully saturated rings. The van der Waals surface area contributed by atoms with Crippen LogP contribution in [-0.2, 0) is 45.1 Å². The van der Waals surface area contributed by atoms with E-state index in [9.17, 15) is 0 Å². The lowest BCUT2D eigenvalue weighted by Gasteiger charge is -2.33. The minimum Gasteiger partial charge on any atom is -0.491 e. The SMILES string of the molecule is c1cc2cc(c1)OCCOCCOCCOc1cccc(c1)CN[C@@H]1CCCC[C@H]1NC2.c1cc2cc(c1)OCCOCCOCCOc1cccc(c1)CN[C@@H]1CCCC[C@H]1NC2.